The molecule has 0 radical (unpaired) electrons. The summed E-state index contributed by atoms with van der Waals surface area (Å²) in [7, 11) is 3.03. The van der Waals surface area contributed by atoms with Gasteiger partial charge in [-0.15, -0.1) is 0 Å². The minimum absolute atomic E-state index is 0.132. The number of para-hydroxylation sites is 1. The normalized spacial score (nSPS) is 10.2. The van der Waals surface area contributed by atoms with E-state index in [1.807, 2.05) is 24.3 Å². The molecule has 2 rings (SSSR count). The van der Waals surface area contributed by atoms with E-state index >= 15 is 0 Å². The Hall–Kier alpha value is -2.56. The Bertz CT molecular complexity index is 673. The highest BCUT2D eigenvalue weighted by atomic mass is 19.1. The van der Waals surface area contributed by atoms with Gasteiger partial charge in [-0.1, -0.05) is 24.3 Å². The maximum Gasteiger partial charge on any atom is 0.224 e. The SMILES string of the molecule is COc1ccc(CC(=O)NCCc2ccccc2OC)cc1F. The minimum Gasteiger partial charge on any atom is -0.496 e. The van der Waals surface area contributed by atoms with Gasteiger partial charge in [-0.2, -0.15) is 0 Å². The Balaban J connectivity index is 1.84. The molecule has 0 atom stereocenters. The highest BCUT2D eigenvalue weighted by Crippen LogP contribution is 2.18. The number of ether oxygens (including phenoxy) is 2. The summed E-state index contributed by atoms with van der Waals surface area (Å²) in [5.41, 5.74) is 1.64. The van der Waals surface area contributed by atoms with Crippen molar-refractivity contribution in [2.45, 2.75) is 12.8 Å². The van der Waals surface area contributed by atoms with Crippen molar-refractivity contribution in [3.05, 3.63) is 59.4 Å². The molecule has 2 aromatic carbocycles. The van der Waals surface area contributed by atoms with Gasteiger partial charge in [-0.05, 0) is 35.7 Å². The number of methoxy groups -OCH3 is 2. The van der Waals surface area contributed by atoms with Crippen molar-refractivity contribution in [2.24, 2.45) is 0 Å². The van der Waals surface area contributed by atoms with E-state index in [1.54, 1.807) is 13.2 Å². The zero-order chi connectivity index (χ0) is 16.7. The molecule has 0 spiro atoms. The van der Waals surface area contributed by atoms with E-state index < -0.39 is 5.82 Å². The lowest BCUT2D eigenvalue weighted by molar-refractivity contribution is -0.120. The van der Waals surface area contributed by atoms with Crippen LogP contribution in [0.5, 0.6) is 11.5 Å². The lowest BCUT2D eigenvalue weighted by Crippen LogP contribution is -2.27. The third-order valence-electron chi connectivity index (χ3n) is 3.49. The molecule has 0 aliphatic heterocycles. The first kappa shape index (κ1) is 16.8. The Morgan fingerprint density at radius 1 is 1.09 bits per heavy atom. The van der Waals surface area contributed by atoms with Gasteiger partial charge in [0.2, 0.25) is 5.91 Å². The summed E-state index contributed by atoms with van der Waals surface area (Å²) >= 11 is 0. The second-order valence-electron chi connectivity index (χ2n) is 5.06. The topological polar surface area (TPSA) is 47.6 Å². The molecule has 122 valence electrons. The third kappa shape index (κ3) is 4.71. The van der Waals surface area contributed by atoms with Crippen LogP contribution in [0.1, 0.15) is 11.1 Å². The second kappa shape index (κ2) is 8.17. The van der Waals surface area contributed by atoms with E-state index in [2.05, 4.69) is 5.32 Å². The monoisotopic (exact) mass is 317 g/mol. The van der Waals surface area contributed by atoms with Crippen molar-refractivity contribution < 1.29 is 18.7 Å². The first-order valence-electron chi connectivity index (χ1n) is 7.35. The van der Waals surface area contributed by atoms with E-state index in [4.69, 9.17) is 9.47 Å². The van der Waals surface area contributed by atoms with Crippen molar-refractivity contribution in [1.29, 1.82) is 0 Å². The van der Waals surface area contributed by atoms with Crippen LogP contribution in [0.3, 0.4) is 0 Å². The number of rotatable bonds is 7. The number of hydrogen-bond donors (Lipinski definition) is 1. The van der Waals surface area contributed by atoms with Crippen LogP contribution in [0.2, 0.25) is 0 Å². The van der Waals surface area contributed by atoms with Crippen molar-refractivity contribution in [1.82, 2.24) is 5.32 Å². The fraction of sp³-hybridized carbons (Fsp3) is 0.278. The van der Waals surface area contributed by atoms with Crippen LogP contribution in [-0.4, -0.2) is 26.7 Å². The fourth-order valence-electron chi connectivity index (χ4n) is 2.31. The molecule has 1 N–H and O–H groups in total. The van der Waals surface area contributed by atoms with Crippen LogP contribution >= 0.6 is 0 Å². The van der Waals surface area contributed by atoms with E-state index in [0.717, 1.165) is 11.3 Å². The smallest absolute Gasteiger partial charge is 0.224 e. The summed E-state index contributed by atoms with van der Waals surface area (Å²) in [6.45, 7) is 0.498. The number of hydrogen-bond acceptors (Lipinski definition) is 3. The Kier molecular flexibility index (Phi) is 5.97. The quantitative estimate of drug-likeness (QED) is 0.854. The van der Waals surface area contributed by atoms with Crippen LogP contribution in [-0.2, 0) is 17.6 Å². The zero-order valence-electron chi connectivity index (χ0n) is 13.3. The molecule has 1 amide bonds. The average Bonchev–Trinajstić information content (AvgIpc) is 2.55. The highest BCUT2D eigenvalue weighted by molar-refractivity contribution is 5.78. The zero-order valence-corrected chi connectivity index (χ0v) is 13.3. The summed E-state index contributed by atoms with van der Waals surface area (Å²) in [5, 5.41) is 2.83. The first-order chi connectivity index (χ1) is 11.1. The molecule has 0 aromatic heterocycles. The maximum atomic E-state index is 13.6. The summed E-state index contributed by atoms with van der Waals surface area (Å²) in [6, 6.07) is 12.2. The van der Waals surface area contributed by atoms with Gasteiger partial charge >= 0.3 is 0 Å². The van der Waals surface area contributed by atoms with E-state index in [-0.39, 0.29) is 18.1 Å². The lowest BCUT2D eigenvalue weighted by atomic mass is 10.1. The average molecular weight is 317 g/mol. The molecule has 0 fully saturated rings. The van der Waals surface area contributed by atoms with Gasteiger partial charge in [0.1, 0.15) is 5.75 Å². The number of carbonyl (C=O) groups is 1. The predicted octanol–water partition coefficient (Wildman–Crippen LogP) is 2.74. The summed E-state index contributed by atoms with van der Waals surface area (Å²) in [6.07, 6.45) is 0.805. The minimum atomic E-state index is -0.466. The van der Waals surface area contributed by atoms with Crippen LogP contribution in [0.4, 0.5) is 4.39 Å². The Morgan fingerprint density at radius 2 is 1.83 bits per heavy atom. The largest absolute Gasteiger partial charge is 0.496 e. The second-order valence-corrected chi connectivity index (χ2v) is 5.06. The van der Waals surface area contributed by atoms with Gasteiger partial charge in [0, 0.05) is 6.54 Å². The standard InChI is InChI=1S/C18H20FNO3/c1-22-16-6-4-3-5-14(16)9-10-20-18(21)12-13-7-8-17(23-2)15(19)11-13/h3-8,11H,9-10,12H2,1-2H3,(H,20,21). The van der Waals surface area contributed by atoms with Gasteiger partial charge < -0.3 is 14.8 Å². The summed E-state index contributed by atoms with van der Waals surface area (Å²) in [4.78, 5) is 11.9. The molecule has 23 heavy (non-hydrogen) atoms. The van der Waals surface area contributed by atoms with Crippen LogP contribution in [0.15, 0.2) is 42.5 Å². The van der Waals surface area contributed by atoms with Crippen molar-refractivity contribution in [3.63, 3.8) is 0 Å². The maximum absolute atomic E-state index is 13.6. The number of halogens is 1. The molecule has 4 nitrogen and oxygen atoms in total. The van der Waals surface area contributed by atoms with Crippen LogP contribution in [0, 0.1) is 5.82 Å². The fourth-order valence-corrected chi connectivity index (χ4v) is 2.31. The summed E-state index contributed by atoms with van der Waals surface area (Å²) < 4.78 is 23.7. The molecule has 0 heterocycles. The van der Waals surface area contributed by atoms with Crippen LogP contribution in [0.25, 0.3) is 0 Å². The highest BCUT2D eigenvalue weighted by Gasteiger charge is 2.08. The Labute approximate surface area is 135 Å². The third-order valence-corrected chi connectivity index (χ3v) is 3.49. The molecule has 0 saturated carbocycles. The van der Waals surface area contributed by atoms with Crippen molar-refractivity contribution in [2.75, 3.05) is 20.8 Å². The molecule has 0 unspecified atom stereocenters. The van der Waals surface area contributed by atoms with Gasteiger partial charge in [0.25, 0.3) is 0 Å². The van der Waals surface area contributed by atoms with Crippen molar-refractivity contribution in [3.8, 4) is 11.5 Å². The van der Waals surface area contributed by atoms with Crippen molar-refractivity contribution >= 4 is 5.91 Å². The lowest BCUT2D eigenvalue weighted by Gasteiger charge is -2.09. The Morgan fingerprint density at radius 3 is 2.52 bits per heavy atom. The molecule has 0 saturated heterocycles. The number of carbonyl (C=O) groups excluding carboxylic acids is 1. The van der Waals surface area contributed by atoms with Gasteiger partial charge in [-0.3, -0.25) is 4.79 Å². The molecule has 0 bridgehead atoms. The summed E-state index contributed by atoms with van der Waals surface area (Å²) in [5.74, 6) is 0.362. The van der Waals surface area contributed by atoms with E-state index in [1.165, 1.54) is 19.2 Å². The molecule has 5 heteroatoms. The molecule has 0 aliphatic rings. The number of nitrogens with one attached hydrogen (secondary N) is 1. The first-order valence-corrected chi connectivity index (χ1v) is 7.35. The van der Waals surface area contributed by atoms with Gasteiger partial charge in [-0.25, -0.2) is 4.39 Å². The van der Waals surface area contributed by atoms with Gasteiger partial charge in [0.15, 0.2) is 11.6 Å². The molecular weight excluding hydrogens is 297 g/mol. The van der Waals surface area contributed by atoms with E-state index in [0.29, 0.717) is 18.5 Å². The number of amides is 1. The van der Waals surface area contributed by atoms with E-state index in [9.17, 15) is 9.18 Å². The molecule has 0 aliphatic carbocycles. The van der Waals surface area contributed by atoms with Crippen LogP contribution < -0.4 is 14.8 Å². The van der Waals surface area contributed by atoms with Gasteiger partial charge in [0.05, 0.1) is 20.6 Å². The number of benzene rings is 2. The molecule has 2 aromatic rings. The predicted molar refractivity (Wildman–Crippen MR) is 86.4 cm³/mol. The molecular formula is C18H20FNO3.